The molecule has 0 aromatic heterocycles. The highest BCUT2D eigenvalue weighted by molar-refractivity contribution is 6.30. The first-order valence-corrected chi connectivity index (χ1v) is 8.70. The number of fused-ring (bicyclic) bond motifs is 1. The summed E-state index contributed by atoms with van der Waals surface area (Å²) < 4.78 is 13.4. The maximum atomic E-state index is 13.4. The van der Waals surface area contributed by atoms with Crippen molar-refractivity contribution in [2.45, 2.75) is 26.8 Å². The monoisotopic (exact) mass is 374 g/mol. The Bertz CT molecular complexity index is 859. The number of nitrogens with one attached hydrogen (secondary N) is 1. The third kappa shape index (κ3) is 3.58. The smallest absolute Gasteiger partial charge is 0.244 e. The number of hydrogen-bond acceptors (Lipinski definition) is 2. The molecule has 0 aliphatic carbocycles. The minimum Gasteiger partial charge on any atom is -0.324 e. The topological polar surface area (TPSA) is 49.4 Å². The molecule has 1 unspecified atom stereocenters. The number of carbonyl (C=O) groups is 2. The molecule has 0 spiro atoms. The Morgan fingerprint density at radius 2 is 1.85 bits per heavy atom. The van der Waals surface area contributed by atoms with Gasteiger partial charge in [-0.15, -0.1) is 0 Å². The molecule has 0 bridgehead atoms. The van der Waals surface area contributed by atoms with Crippen LogP contribution in [-0.2, 0) is 9.59 Å². The van der Waals surface area contributed by atoms with Crippen molar-refractivity contribution in [1.29, 1.82) is 0 Å². The van der Waals surface area contributed by atoms with Gasteiger partial charge in [0.25, 0.3) is 0 Å². The quantitative estimate of drug-likeness (QED) is 0.804. The van der Waals surface area contributed by atoms with Crippen LogP contribution in [0, 0.1) is 11.2 Å². The summed E-state index contributed by atoms with van der Waals surface area (Å²) in [7, 11) is 0. The number of hydrogen-bond donors (Lipinski definition) is 1. The van der Waals surface area contributed by atoms with Crippen LogP contribution in [0.15, 0.2) is 42.5 Å². The van der Waals surface area contributed by atoms with Gasteiger partial charge in [0.15, 0.2) is 0 Å². The molecule has 2 aromatic carbocycles. The molecule has 0 radical (unpaired) electrons. The molecule has 0 fully saturated rings. The predicted octanol–water partition coefficient (Wildman–Crippen LogP) is 4.40. The molecule has 3 rings (SSSR count). The highest BCUT2D eigenvalue weighted by Crippen LogP contribution is 2.39. The van der Waals surface area contributed by atoms with E-state index < -0.39 is 11.5 Å². The number of anilines is 1. The van der Waals surface area contributed by atoms with E-state index in [1.165, 1.54) is 17.0 Å². The van der Waals surface area contributed by atoms with Crippen molar-refractivity contribution < 1.29 is 14.0 Å². The first-order chi connectivity index (χ1) is 12.2. The number of rotatable bonds is 1. The van der Waals surface area contributed by atoms with Gasteiger partial charge < -0.3 is 10.2 Å². The van der Waals surface area contributed by atoms with Gasteiger partial charge in [-0.1, -0.05) is 44.5 Å². The second-order valence-corrected chi connectivity index (χ2v) is 7.85. The highest BCUT2D eigenvalue weighted by atomic mass is 35.5. The lowest BCUT2D eigenvalue weighted by Gasteiger charge is -2.35. The average molecular weight is 375 g/mol. The van der Waals surface area contributed by atoms with Crippen molar-refractivity contribution in [3.63, 3.8) is 0 Å². The van der Waals surface area contributed by atoms with E-state index in [4.69, 9.17) is 11.6 Å². The fourth-order valence-corrected chi connectivity index (χ4v) is 3.28. The molecular weight excluding hydrogens is 355 g/mol. The molecule has 26 heavy (non-hydrogen) atoms. The highest BCUT2D eigenvalue weighted by Gasteiger charge is 2.37. The number of halogens is 2. The fourth-order valence-electron chi connectivity index (χ4n) is 3.10. The summed E-state index contributed by atoms with van der Waals surface area (Å²) in [6.45, 7) is 5.32. The van der Waals surface area contributed by atoms with Crippen molar-refractivity contribution in [2.75, 3.05) is 11.9 Å². The van der Waals surface area contributed by atoms with Gasteiger partial charge in [-0.05, 0) is 35.9 Å². The van der Waals surface area contributed by atoms with Crippen LogP contribution in [0.5, 0.6) is 0 Å². The molecule has 0 saturated heterocycles. The lowest BCUT2D eigenvalue weighted by Crippen LogP contribution is -2.44. The zero-order valence-corrected chi connectivity index (χ0v) is 15.6. The van der Waals surface area contributed by atoms with Crippen molar-refractivity contribution >= 4 is 29.1 Å². The Hall–Kier alpha value is -2.40. The van der Waals surface area contributed by atoms with E-state index >= 15 is 0 Å². The molecule has 1 heterocycles. The van der Waals surface area contributed by atoms with E-state index in [1.54, 1.807) is 51.1 Å². The van der Waals surface area contributed by atoms with E-state index in [-0.39, 0.29) is 24.2 Å². The van der Waals surface area contributed by atoms with Gasteiger partial charge in [-0.25, -0.2) is 4.39 Å². The van der Waals surface area contributed by atoms with Crippen LogP contribution in [0.1, 0.15) is 37.9 Å². The van der Waals surface area contributed by atoms with Crippen LogP contribution in [0.25, 0.3) is 0 Å². The Morgan fingerprint density at radius 1 is 1.19 bits per heavy atom. The van der Waals surface area contributed by atoms with Crippen LogP contribution in [0.4, 0.5) is 10.1 Å². The first-order valence-electron chi connectivity index (χ1n) is 8.32. The minimum absolute atomic E-state index is 0.0928. The molecule has 1 N–H and O–H groups in total. The summed E-state index contributed by atoms with van der Waals surface area (Å²) in [6, 6.07) is 10.5. The number of amides is 2. The van der Waals surface area contributed by atoms with Gasteiger partial charge >= 0.3 is 0 Å². The Morgan fingerprint density at radius 3 is 2.46 bits per heavy atom. The summed E-state index contributed by atoms with van der Waals surface area (Å²) >= 11 is 6.19. The van der Waals surface area contributed by atoms with Gasteiger partial charge in [0, 0.05) is 21.7 Å². The molecule has 0 saturated carbocycles. The second-order valence-electron chi connectivity index (χ2n) is 7.42. The molecule has 4 nitrogen and oxygen atoms in total. The zero-order chi connectivity index (χ0) is 19.1. The molecule has 136 valence electrons. The molecule has 6 heteroatoms. The molecule has 1 atom stereocenters. The maximum Gasteiger partial charge on any atom is 0.244 e. The third-order valence-corrected chi connectivity index (χ3v) is 4.53. The largest absolute Gasteiger partial charge is 0.324 e. The normalized spacial score (nSPS) is 17.3. The Kier molecular flexibility index (Phi) is 4.76. The fraction of sp³-hybridized carbons (Fsp3) is 0.300. The van der Waals surface area contributed by atoms with Crippen molar-refractivity contribution in [1.82, 2.24) is 4.90 Å². The molecular formula is C20H20ClFN2O2. The van der Waals surface area contributed by atoms with Gasteiger partial charge in [0.1, 0.15) is 12.4 Å². The third-order valence-electron chi connectivity index (χ3n) is 4.30. The maximum absolute atomic E-state index is 13.4. The standard InChI is InChI=1S/C20H20ClFN2O2/c1-20(2,3)19(26)24-11-17(25)23-16-9-6-13(21)10-15(16)18(24)12-4-7-14(22)8-5-12/h4-10,18H,11H2,1-3H3,(H,23,25). The molecule has 2 aromatic rings. The lowest BCUT2D eigenvalue weighted by molar-refractivity contribution is -0.143. The summed E-state index contributed by atoms with van der Waals surface area (Å²) in [5.74, 6) is -0.817. The van der Waals surface area contributed by atoms with Gasteiger partial charge in [-0.3, -0.25) is 9.59 Å². The number of carbonyl (C=O) groups excluding carboxylic acids is 2. The Labute approximate surface area is 157 Å². The molecule has 1 aliphatic heterocycles. The Balaban J connectivity index is 2.22. The zero-order valence-electron chi connectivity index (χ0n) is 14.8. The van der Waals surface area contributed by atoms with E-state index in [1.807, 2.05) is 0 Å². The first kappa shape index (κ1) is 18.4. The predicted molar refractivity (Wildman–Crippen MR) is 99.5 cm³/mol. The van der Waals surface area contributed by atoms with Crippen LogP contribution in [0.3, 0.4) is 0 Å². The van der Waals surface area contributed by atoms with Gasteiger partial charge in [0.2, 0.25) is 11.8 Å². The minimum atomic E-state index is -0.679. The van der Waals surface area contributed by atoms with Crippen LogP contribution < -0.4 is 5.32 Å². The van der Waals surface area contributed by atoms with E-state index in [2.05, 4.69) is 5.32 Å². The number of nitrogens with zero attached hydrogens (tertiary/aromatic N) is 1. The summed E-state index contributed by atoms with van der Waals surface area (Å²) in [6.07, 6.45) is 0. The molecule has 2 amide bonds. The average Bonchev–Trinajstić information content (AvgIpc) is 2.70. The van der Waals surface area contributed by atoms with Crippen LogP contribution in [0.2, 0.25) is 5.02 Å². The van der Waals surface area contributed by atoms with Crippen LogP contribution in [-0.4, -0.2) is 23.3 Å². The molecule has 1 aliphatic rings. The van der Waals surface area contributed by atoms with Crippen LogP contribution >= 0.6 is 11.6 Å². The van der Waals surface area contributed by atoms with Crippen molar-refractivity contribution in [2.24, 2.45) is 5.41 Å². The van der Waals surface area contributed by atoms with Crippen molar-refractivity contribution in [3.8, 4) is 0 Å². The summed E-state index contributed by atoms with van der Waals surface area (Å²) in [4.78, 5) is 27.0. The van der Waals surface area contributed by atoms with E-state index in [0.29, 0.717) is 21.8 Å². The number of benzene rings is 2. The SMILES string of the molecule is CC(C)(C)C(=O)N1CC(=O)Nc2ccc(Cl)cc2C1c1ccc(F)cc1. The lowest BCUT2D eigenvalue weighted by atomic mass is 9.90. The summed E-state index contributed by atoms with van der Waals surface area (Å²) in [5, 5.41) is 3.33. The van der Waals surface area contributed by atoms with Crippen molar-refractivity contribution in [3.05, 3.63) is 64.4 Å². The summed E-state index contributed by atoms with van der Waals surface area (Å²) in [5.41, 5.74) is 1.33. The van der Waals surface area contributed by atoms with Gasteiger partial charge in [-0.2, -0.15) is 0 Å². The van der Waals surface area contributed by atoms with E-state index in [9.17, 15) is 14.0 Å². The van der Waals surface area contributed by atoms with E-state index in [0.717, 1.165) is 0 Å². The van der Waals surface area contributed by atoms with Gasteiger partial charge in [0.05, 0.1) is 6.04 Å². The second kappa shape index (κ2) is 6.72.